The molecule has 1 fully saturated rings. The molecule has 3 rings (SSSR count). The number of benzene rings is 2. The molecule has 2 aromatic carbocycles. The van der Waals surface area contributed by atoms with Gasteiger partial charge in [0.05, 0.1) is 26.2 Å². The van der Waals surface area contributed by atoms with Gasteiger partial charge in [0.1, 0.15) is 5.75 Å². The van der Waals surface area contributed by atoms with E-state index in [1.165, 1.54) is 42.6 Å². The van der Waals surface area contributed by atoms with Crippen molar-refractivity contribution in [3.63, 3.8) is 0 Å². The highest BCUT2D eigenvalue weighted by Crippen LogP contribution is 2.36. The average Bonchev–Trinajstić information content (AvgIpc) is 3.07. The Hall–Kier alpha value is -2.06. The molecule has 26 heavy (non-hydrogen) atoms. The predicted octanol–water partition coefficient (Wildman–Crippen LogP) is 5.41. The summed E-state index contributed by atoms with van der Waals surface area (Å²) in [7, 11) is 0. The highest BCUT2D eigenvalue weighted by molar-refractivity contribution is 5.43. The Bertz CT molecular complexity index is 744. The SMILES string of the molecule is C=C(C)C[N+]1(CCC(c2ccccc2)c2cc(C)ccc2O)CCCC1. The van der Waals surface area contributed by atoms with E-state index in [-0.39, 0.29) is 5.92 Å². The van der Waals surface area contributed by atoms with Crippen molar-refractivity contribution in [2.75, 3.05) is 26.2 Å². The first kappa shape index (κ1) is 18.7. The molecule has 2 heteroatoms. The van der Waals surface area contributed by atoms with Gasteiger partial charge in [-0.2, -0.15) is 0 Å². The highest BCUT2D eigenvalue weighted by Gasteiger charge is 2.33. The maximum Gasteiger partial charge on any atom is 0.119 e. The first-order valence-corrected chi connectivity index (χ1v) is 9.83. The van der Waals surface area contributed by atoms with Gasteiger partial charge >= 0.3 is 0 Å². The number of quaternary nitrogens is 1. The second-order valence-corrected chi connectivity index (χ2v) is 8.15. The van der Waals surface area contributed by atoms with Crippen LogP contribution in [0, 0.1) is 6.92 Å². The summed E-state index contributed by atoms with van der Waals surface area (Å²) in [4.78, 5) is 0. The molecule has 0 aromatic heterocycles. The van der Waals surface area contributed by atoms with Crippen LogP contribution in [0.2, 0.25) is 0 Å². The number of likely N-dealkylation sites (tertiary alicyclic amines) is 1. The van der Waals surface area contributed by atoms with Crippen LogP contribution in [0.5, 0.6) is 5.75 Å². The molecule has 0 aliphatic carbocycles. The van der Waals surface area contributed by atoms with Gasteiger partial charge in [0, 0.05) is 30.7 Å². The quantitative estimate of drug-likeness (QED) is 0.523. The molecular weight excluding hydrogens is 318 g/mol. The molecule has 1 aliphatic heterocycles. The predicted molar refractivity (Wildman–Crippen MR) is 110 cm³/mol. The first-order valence-electron chi connectivity index (χ1n) is 9.83. The fourth-order valence-corrected chi connectivity index (χ4v) is 4.58. The summed E-state index contributed by atoms with van der Waals surface area (Å²) in [6, 6.07) is 16.6. The van der Waals surface area contributed by atoms with Crippen LogP contribution in [0.25, 0.3) is 0 Å². The molecule has 1 atom stereocenters. The summed E-state index contributed by atoms with van der Waals surface area (Å²) >= 11 is 0. The first-order chi connectivity index (χ1) is 12.5. The monoisotopic (exact) mass is 350 g/mol. The van der Waals surface area contributed by atoms with E-state index in [2.05, 4.69) is 56.8 Å². The van der Waals surface area contributed by atoms with E-state index in [0.717, 1.165) is 29.6 Å². The van der Waals surface area contributed by atoms with Crippen molar-refractivity contribution >= 4 is 0 Å². The summed E-state index contributed by atoms with van der Waals surface area (Å²) in [5.41, 5.74) is 4.83. The molecule has 2 aromatic rings. The van der Waals surface area contributed by atoms with Gasteiger partial charge in [-0.25, -0.2) is 0 Å². The lowest BCUT2D eigenvalue weighted by atomic mass is 9.86. The summed E-state index contributed by atoms with van der Waals surface area (Å²) in [6.45, 7) is 13.2. The second kappa shape index (κ2) is 8.09. The molecule has 0 amide bonds. The Morgan fingerprint density at radius 2 is 1.81 bits per heavy atom. The standard InChI is InChI=1S/C24H31NO/c1-19(2)18-25(14-7-8-15-25)16-13-22(21-9-5-4-6-10-21)23-17-20(3)11-12-24(23)26/h4-6,9-12,17,22H,1,7-8,13-16,18H2,2-3H3/p+1. The lowest BCUT2D eigenvalue weighted by Gasteiger charge is -2.36. The molecule has 0 radical (unpaired) electrons. The van der Waals surface area contributed by atoms with Crippen LogP contribution >= 0.6 is 0 Å². The van der Waals surface area contributed by atoms with E-state index in [1.54, 1.807) is 0 Å². The van der Waals surface area contributed by atoms with Crippen LogP contribution in [0.3, 0.4) is 0 Å². The Labute approximate surface area is 158 Å². The van der Waals surface area contributed by atoms with Gasteiger partial charge in [-0.3, -0.25) is 0 Å². The van der Waals surface area contributed by atoms with Gasteiger partial charge < -0.3 is 9.59 Å². The molecule has 0 saturated carbocycles. The minimum atomic E-state index is 0.233. The van der Waals surface area contributed by atoms with Crippen molar-refractivity contribution in [2.24, 2.45) is 0 Å². The Morgan fingerprint density at radius 1 is 1.12 bits per heavy atom. The number of rotatable bonds is 7. The fourth-order valence-electron chi connectivity index (χ4n) is 4.58. The van der Waals surface area contributed by atoms with Gasteiger partial charge in [0.25, 0.3) is 0 Å². The van der Waals surface area contributed by atoms with Crippen LogP contribution in [-0.4, -0.2) is 35.8 Å². The number of aromatic hydroxyl groups is 1. The molecular formula is C24H32NO+. The van der Waals surface area contributed by atoms with E-state index in [9.17, 15) is 5.11 Å². The van der Waals surface area contributed by atoms with E-state index in [0.29, 0.717) is 5.75 Å². The average molecular weight is 351 g/mol. The lowest BCUT2D eigenvalue weighted by molar-refractivity contribution is -0.912. The summed E-state index contributed by atoms with van der Waals surface area (Å²) < 4.78 is 1.16. The van der Waals surface area contributed by atoms with Gasteiger partial charge in [-0.15, -0.1) is 0 Å². The Kier molecular flexibility index (Phi) is 5.83. The number of hydrogen-bond acceptors (Lipinski definition) is 1. The third-order valence-electron chi connectivity index (χ3n) is 5.77. The van der Waals surface area contributed by atoms with E-state index in [1.807, 2.05) is 12.1 Å². The van der Waals surface area contributed by atoms with Crippen molar-refractivity contribution in [1.82, 2.24) is 0 Å². The topological polar surface area (TPSA) is 20.2 Å². The number of nitrogens with zero attached hydrogens (tertiary/aromatic N) is 1. The molecule has 0 spiro atoms. The number of phenols is 1. The molecule has 1 heterocycles. The molecule has 1 unspecified atom stereocenters. The Morgan fingerprint density at radius 3 is 2.46 bits per heavy atom. The third kappa shape index (κ3) is 4.37. The van der Waals surface area contributed by atoms with Crippen molar-refractivity contribution in [3.8, 4) is 5.75 Å². The largest absolute Gasteiger partial charge is 0.508 e. The maximum absolute atomic E-state index is 10.5. The maximum atomic E-state index is 10.5. The zero-order valence-electron chi connectivity index (χ0n) is 16.2. The van der Waals surface area contributed by atoms with Gasteiger partial charge in [-0.1, -0.05) is 54.6 Å². The van der Waals surface area contributed by atoms with Gasteiger partial charge in [0.2, 0.25) is 0 Å². The molecule has 138 valence electrons. The van der Waals surface area contributed by atoms with E-state index in [4.69, 9.17) is 0 Å². The zero-order chi connectivity index (χ0) is 18.6. The number of phenolic OH excluding ortho intramolecular Hbond substituents is 1. The van der Waals surface area contributed by atoms with Gasteiger partial charge in [-0.05, 0) is 31.1 Å². The normalized spacial score (nSPS) is 17.2. The minimum Gasteiger partial charge on any atom is -0.508 e. The van der Waals surface area contributed by atoms with E-state index < -0.39 is 0 Å². The Balaban J connectivity index is 1.89. The zero-order valence-corrected chi connectivity index (χ0v) is 16.2. The summed E-state index contributed by atoms with van der Waals surface area (Å²) in [5, 5.41) is 10.5. The number of aryl methyl sites for hydroxylation is 1. The third-order valence-corrected chi connectivity index (χ3v) is 5.77. The molecule has 1 aliphatic rings. The van der Waals surface area contributed by atoms with Crippen LogP contribution < -0.4 is 0 Å². The lowest BCUT2D eigenvalue weighted by Crippen LogP contribution is -2.47. The van der Waals surface area contributed by atoms with Crippen LogP contribution in [0.4, 0.5) is 0 Å². The smallest absolute Gasteiger partial charge is 0.119 e. The van der Waals surface area contributed by atoms with Crippen LogP contribution in [0.15, 0.2) is 60.7 Å². The minimum absolute atomic E-state index is 0.233. The second-order valence-electron chi connectivity index (χ2n) is 8.15. The molecule has 1 N–H and O–H groups in total. The van der Waals surface area contributed by atoms with Crippen LogP contribution in [-0.2, 0) is 0 Å². The van der Waals surface area contributed by atoms with E-state index >= 15 is 0 Å². The summed E-state index contributed by atoms with van der Waals surface area (Å²) in [6.07, 6.45) is 3.69. The van der Waals surface area contributed by atoms with Crippen molar-refractivity contribution in [2.45, 2.75) is 39.0 Å². The summed E-state index contributed by atoms with van der Waals surface area (Å²) in [5.74, 6) is 0.647. The van der Waals surface area contributed by atoms with Crippen LogP contribution in [0.1, 0.15) is 48.8 Å². The van der Waals surface area contributed by atoms with Crippen molar-refractivity contribution in [3.05, 3.63) is 77.4 Å². The van der Waals surface area contributed by atoms with Crippen molar-refractivity contribution in [1.29, 1.82) is 0 Å². The van der Waals surface area contributed by atoms with Gasteiger partial charge in [0.15, 0.2) is 0 Å². The highest BCUT2D eigenvalue weighted by atomic mass is 16.3. The molecule has 1 saturated heterocycles. The van der Waals surface area contributed by atoms with Crippen molar-refractivity contribution < 1.29 is 9.59 Å². The molecule has 2 nitrogen and oxygen atoms in total. The number of hydrogen-bond donors (Lipinski definition) is 1. The fraction of sp³-hybridized carbons (Fsp3) is 0.417. The molecule has 0 bridgehead atoms.